The molecule has 0 amide bonds. The van der Waals surface area contributed by atoms with Gasteiger partial charge in [0.25, 0.3) is 0 Å². The minimum atomic E-state index is 0.454. The van der Waals surface area contributed by atoms with Crippen molar-refractivity contribution in [2.75, 3.05) is 26.2 Å². The molecule has 0 radical (unpaired) electrons. The summed E-state index contributed by atoms with van der Waals surface area (Å²) in [5.41, 5.74) is 0.454. The molecule has 1 saturated carbocycles. The van der Waals surface area contributed by atoms with Crippen molar-refractivity contribution in [3.63, 3.8) is 0 Å². The van der Waals surface area contributed by atoms with Gasteiger partial charge in [-0.1, -0.05) is 48.0 Å². The van der Waals surface area contributed by atoms with Crippen LogP contribution in [-0.2, 0) is 0 Å². The fourth-order valence-corrected chi connectivity index (χ4v) is 3.90. The Balaban J connectivity index is 2.67. The first kappa shape index (κ1) is 18.0. The molecule has 1 fully saturated rings. The summed E-state index contributed by atoms with van der Waals surface area (Å²) in [6.07, 6.45) is 5.42. The quantitative estimate of drug-likeness (QED) is 0.719. The summed E-state index contributed by atoms with van der Waals surface area (Å²) in [4.78, 5) is 2.66. The van der Waals surface area contributed by atoms with Crippen LogP contribution in [0.3, 0.4) is 0 Å². The molecule has 1 N–H and O–H groups in total. The van der Waals surface area contributed by atoms with E-state index in [1.807, 2.05) is 0 Å². The Labute approximate surface area is 127 Å². The molecule has 120 valence electrons. The predicted molar refractivity (Wildman–Crippen MR) is 90.2 cm³/mol. The molecular weight excluding hydrogens is 244 g/mol. The molecule has 0 aromatic rings. The largest absolute Gasteiger partial charge is 0.313 e. The predicted octanol–water partition coefficient (Wildman–Crippen LogP) is 4.16. The maximum absolute atomic E-state index is 3.87. The van der Waals surface area contributed by atoms with Gasteiger partial charge in [0, 0.05) is 19.1 Å². The highest BCUT2D eigenvalue weighted by atomic mass is 15.1. The van der Waals surface area contributed by atoms with Crippen molar-refractivity contribution in [2.45, 2.75) is 73.3 Å². The van der Waals surface area contributed by atoms with Crippen LogP contribution in [0, 0.1) is 17.3 Å². The molecule has 0 aliphatic heterocycles. The van der Waals surface area contributed by atoms with Crippen LogP contribution in [0.25, 0.3) is 0 Å². The first-order valence-electron chi connectivity index (χ1n) is 8.86. The van der Waals surface area contributed by atoms with Crippen LogP contribution >= 0.6 is 0 Å². The van der Waals surface area contributed by atoms with Gasteiger partial charge in [0.1, 0.15) is 0 Å². The van der Waals surface area contributed by atoms with Crippen molar-refractivity contribution >= 4 is 0 Å². The fourth-order valence-electron chi connectivity index (χ4n) is 3.90. The van der Waals surface area contributed by atoms with Crippen LogP contribution in [0.2, 0.25) is 0 Å². The molecule has 2 atom stereocenters. The van der Waals surface area contributed by atoms with E-state index in [9.17, 15) is 0 Å². The van der Waals surface area contributed by atoms with Crippen LogP contribution in [0.4, 0.5) is 0 Å². The van der Waals surface area contributed by atoms with E-state index in [0.717, 1.165) is 11.8 Å². The van der Waals surface area contributed by atoms with Gasteiger partial charge < -0.3 is 10.2 Å². The minimum absolute atomic E-state index is 0.454. The maximum atomic E-state index is 3.87. The van der Waals surface area contributed by atoms with Gasteiger partial charge in [0.05, 0.1) is 0 Å². The van der Waals surface area contributed by atoms with Gasteiger partial charge in [0.15, 0.2) is 0 Å². The fraction of sp³-hybridized carbons (Fsp3) is 1.00. The maximum Gasteiger partial charge on any atom is 0.0159 e. The van der Waals surface area contributed by atoms with Crippen LogP contribution in [0.5, 0.6) is 0 Å². The molecule has 0 spiro atoms. The number of nitrogens with zero attached hydrogens (tertiary/aromatic N) is 1. The van der Waals surface area contributed by atoms with Gasteiger partial charge >= 0.3 is 0 Å². The van der Waals surface area contributed by atoms with Gasteiger partial charge in [-0.2, -0.15) is 0 Å². The van der Waals surface area contributed by atoms with Crippen molar-refractivity contribution in [3.05, 3.63) is 0 Å². The standard InChI is InChI=1S/C18H38N2/c1-7-12-19-17-16(10-9-11-18(17,5)6)14-20(8-2)13-15(3)4/h15-17,19H,7-14H2,1-6H3. The van der Waals surface area contributed by atoms with Crippen molar-refractivity contribution < 1.29 is 0 Å². The van der Waals surface area contributed by atoms with E-state index >= 15 is 0 Å². The van der Waals surface area contributed by atoms with Gasteiger partial charge in [-0.25, -0.2) is 0 Å². The summed E-state index contributed by atoms with van der Waals surface area (Å²) >= 11 is 0. The highest BCUT2D eigenvalue weighted by molar-refractivity contribution is 4.94. The lowest BCUT2D eigenvalue weighted by Gasteiger charge is -2.46. The number of hydrogen-bond donors (Lipinski definition) is 1. The van der Waals surface area contributed by atoms with Crippen molar-refractivity contribution in [1.29, 1.82) is 0 Å². The average molecular weight is 283 g/mol. The molecule has 2 unspecified atom stereocenters. The van der Waals surface area contributed by atoms with Crippen LogP contribution in [0.1, 0.15) is 67.2 Å². The number of nitrogens with one attached hydrogen (secondary N) is 1. The second-order valence-corrected chi connectivity index (χ2v) is 7.82. The molecule has 1 aliphatic carbocycles. The summed E-state index contributed by atoms with van der Waals surface area (Å²) in [6, 6.07) is 0.692. The van der Waals surface area contributed by atoms with Gasteiger partial charge in [-0.05, 0) is 49.6 Å². The number of rotatable bonds is 8. The first-order chi connectivity index (χ1) is 9.40. The molecule has 1 rings (SSSR count). The second-order valence-electron chi connectivity index (χ2n) is 7.82. The van der Waals surface area contributed by atoms with E-state index in [2.05, 4.69) is 51.8 Å². The van der Waals surface area contributed by atoms with E-state index in [1.165, 1.54) is 51.9 Å². The van der Waals surface area contributed by atoms with Crippen LogP contribution in [0.15, 0.2) is 0 Å². The normalized spacial score (nSPS) is 26.4. The van der Waals surface area contributed by atoms with Gasteiger partial charge in [-0.3, -0.25) is 0 Å². The average Bonchev–Trinajstić information content (AvgIpc) is 2.36. The molecule has 0 aromatic heterocycles. The Morgan fingerprint density at radius 1 is 1.25 bits per heavy atom. The van der Waals surface area contributed by atoms with E-state index in [4.69, 9.17) is 0 Å². The Hall–Kier alpha value is -0.0800. The second kappa shape index (κ2) is 8.38. The highest BCUT2D eigenvalue weighted by Gasteiger charge is 2.38. The van der Waals surface area contributed by atoms with Crippen molar-refractivity contribution in [3.8, 4) is 0 Å². The van der Waals surface area contributed by atoms with E-state index in [1.54, 1.807) is 0 Å². The van der Waals surface area contributed by atoms with Crippen molar-refractivity contribution in [1.82, 2.24) is 10.2 Å². The lowest BCUT2D eigenvalue weighted by molar-refractivity contribution is 0.0769. The molecule has 2 heteroatoms. The zero-order valence-corrected chi connectivity index (χ0v) is 14.8. The van der Waals surface area contributed by atoms with Crippen molar-refractivity contribution in [2.24, 2.45) is 17.3 Å². The summed E-state index contributed by atoms with van der Waals surface area (Å²) < 4.78 is 0. The molecular formula is C18H38N2. The zero-order chi connectivity index (χ0) is 15.2. The Bertz CT molecular complexity index is 260. The summed E-state index contributed by atoms with van der Waals surface area (Å²) in [5, 5.41) is 3.87. The number of hydrogen-bond acceptors (Lipinski definition) is 2. The third-order valence-electron chi connectivity index (χ3n) is 4.89. The van der Waals surface area contributed by atoms with Gasteiger partial charge in [0.2, 0.25) is 0 Å². The van der Waals surface area contributed by atoms with Crippen LogP contribution < -0.4 is 5.32 Å². The third-order valence-corrected chi connectivity index (χ3v) is 4.89. The van der Waals surface area contributed by atoms with Gasteiger partial charge in [-0.15, -0.1) is 0 Å². The Morgan fingerprint density at radius 2 is 1.95 bits per heavy atom. The van der Waals surface area contributed by atoms with Crippen LogP contribution in [-0.4, -0.2) is 37.1 Å². The smallest absolute Gasteiger partial charge is 0.0159 e. The topological polar surface area (TPSA) is 15.3 Å². The Morgan fingerprint density at radius 3 is 2.50 bits per heavy atom. The lowest BCUT2D eigenvalue weighted by atomic mass is 9.67. The molecule has 20 heavy (non-hydrogen) atoms. The summed E-state index contributed by atoms with van der Waals surface area (Å²) in [5.74, 6) is 1.60. The summed E-state index contributed by atoms with van der Waals surface area (Å²) in [7, 11) is 0. The molecule has 0 saturated heterocycles. The lowest BCUT2D eigenvalue weighted by Crippen LogP contribution is -2.53. The first-order valence-corrected chi connectivity index (χ1v) is 8.86. The minimum Gasteiger partial charge on any atom is -0.313 e. The van der Waals surface area contributed by atoms with E-state index in [0.29, 0.717) is 11.5 Å². The van der Waals surface area contributed by atoms with E-state index < -0.39 is 0 Å². The zero-order valence-electron chi connectivity index (χ0n) is 14.8. The molecule has 1 aliphatic rings. The van der Waals surface area contributed by atoms with E-state index in [-0.39, 0.29) is 0 Å². The Kier molecular flexibility index (Phi) is 7.53. The SMILES string of the molecule is CCCNC1C(CN(CC)CC(C)C)CCCC1(C)C. The molecule has 0 aromatic carbocycles. The highest BCUT2D eigenvalue weighted by Crippen LogP contribution is 2.39. The summed E-state index contributed by atoms with van der Waals surface area (Å²) in [6.45, 7) is 19.1. The monoisotopic (exact) mass is 282 g/mol. The molecule has 0 heterocycles. The third kappa shape index (κ3) is 5.37. The molecule has 2 nitrogen and oxygen atoms in total. The molecule has 0 bridgehead atoms.